The fraction of sp³-hybridized carbons (Fsp3) is 0.429. The molecule has 3 aromatic heterocycles. The molecule has 0 spiro atoms. The van der Waals surface area contributed by atoms with Crippen molar-refractivity contribution in [3.8, 4) is 16.9 Å². The van der Waals surface area contributed by atoms with Gasteiger partial charge in [0, 0.05) is 35.1 Å². The van der Waals surface area contributed by atoms with Gasteiger partial charge in [-0.05, 0) is 62.5 Å². The van der Waals surface area contributed by atoms with E-state index < -0.39 is 0 Å². The van der Waals surface area contributed by atoms with Crippen molar-refractivity contribution in [2.24, 2.45) is 5.41 Å². The lowest BCUT2D eigenvalue weighted by atomic mass is 9.76. The number of hydrogen-bond acceptors (Lipinski definition) is 9. The Morgan fingerprint density at radius 2 is 2.00 bits per heavy atom. The molecule has 0 saturated carbocycles. The van der Waals surface area contributed by atoms with Crippen LogP contribution in [0.2, 0.25) is 0 Å². The molecule has 192 valence electrons. The lowest BCUT2D eigenvalue weighted by Gasteiger charge is -2.34. The summed E-state index contributed by atoms with van der Waals surface area (Å²) < 4.78 is 6.21. The number of pyridine rings is 1. The number of aryl methyl sites for hydroxylation is 1. The highest BCUT2D eigenvalue weighted by atomic mass is 32.1. The highest BCUT2D eigenvalue weighted by Gasteiger charge is 2.31. The van der Waals surface area contributed by atoms with E-state index in [1.165, 1.54) is 22.6 Å². The van der Waals surface area contributed by atoms with Crippen LogP contribution >= 0.6 is 11.3 Å². The molecule has 0 radical (unpaired) electrons. The van der Waals surface area contributed by atoms with E-state index in [9.17, 15) is 0 Å². The quantitative estimate of drug-likeness (QED) is 0.418. The predicted octanol–water partition coefficient (Wildman–Crippen LogP) is 4.71. The van der Waals surface area contributed by atoms with Crippen LogP contribution in [0.3, 0.4) is 0 Å². The standard InChI is InChI=1S/C28H33N7OS/c1-28(2)8-7-21-20(13-28)25(33-24(31-21)16-34(3)4)35-9-10-36-23-6-5-17(11-19(23)15-35)18-12-22-26(30-14-18)37-27(29)32-22/h5-6,11-12,14H,7-10,13,15-16H2,1-4H3,(H2,29,32). The number of fused-ring (bicyclic) bond motifs is 3. The molecule has 2 N–H and O–H groups in total. The Kier molecular flexibility index (Phi) is 6.00. The summed E-state index contributed by atoms with van der Waals surface area (Å²) in [6, 6.07) is 8.44. The summed E-state index contributed by atoms with van der Waals surface area (Å²) in [6.07, 6.45) is 5.04. The number of thiazole rings is 1. The zero-order valence-electron chi connectivity index (χ0n) is 21.9. The van der Waals surface area contributed by atoms with Gasteiger partial charge >= 0.3 is 0 Å². The van der Waals surface area contributed by atoms with Crippen LogP contribution in [0, 0.1) is 5.41 Å². The normalized spacial score (nSPS) is 16.8. The first-order valence-electron chi connectivity index (χ1n) is 12.8. The van der Waals surface area contributed by atoms with Crippen LogP contribution in [-0.2, 0) is 25.9 Å². The molecule has 2 aliphatic rings. The van der Waals surface area contributed by atoms with Crippen LogP contribution in [0.5, 0.6) is 5.75 Å². The van der Waals surface area contributed by atoms with E-state index in [0.717, 1.165) is 83.3 Å². The van der Waals surface area contributed by atoms with E-state index in [1.807, 2.05) is 6.20 Å². The number of anilines is 2. The topological polar surface area (TPSA) is 93.3 Å². The molecule has 0 saturated heterocycles. The van der Waals surface area contributed by atoms with E-state index in [1.54, 1.807) is 0 Å². The molecule has 1 aliphatic carbocycles. The van der Waals surface area contributed by atoms with E-state index in [-0.39, 0.29) is 5.41 Å². The number of hydrogen-bond donors (Lipinski definition) is 1. The molecule has 6 rings (SSSR count). The highest BCUT2D eigenvalue weighted by molar-refractivity contribution is 7.21. The molecule has 0 fully saturated rings. The molecule has 37 heavy (non-hydrogen) atoms. The van der Waals surface area contributed by atoms with Gasteiger partial charge in [-0.15, -0.1) is 0 Å². The minimum absolute atomic E-state index is 0.242. The molecule has 0 bridgehead atoms. The Hall–Kier alpha value is -3.30. The fourth-order valence-electron chi connectivity index (χ4n) is 5.35. The molecule has 0 atom stereocenters. The molecule has 0 unspecified atom stereocenters. The molecule has 1 aliphatic heterocycles. The molecule has 4 heterocycles. The van der Waals surface area contributed by atoms with Crippen molar-refractivity contribution in [2.45, 2.75) is 46.2 Å². The Morgan fingerprint density at radius 1 is 1.14 bits per heavy atom. The second kappa shape index (κ2) is 9.22. The second-order valence-corrected chi connectivity index (χ2v) is 12.2. The molecule has 1 aromatic carbocycles. The molecule has 9 heteroatoms. The Morgan fingerprint density at radius 3 is 2.84 bits per heavy atom. The van der Waals surface area contributed by atoms with Crippen LogP contribution in [0.1, 0.15) is 42.9 Å². The predicted molar refractivity (Wildman–Crippen MR) is 149 cm³/mol. The van der Waals surface area contributed by atoms with Gasteiger partial charge in [0.1, 0.15) is 34.3 Å². The maximum Gasteiger partial charge on any atom is 0.182 e. The van der Waals surface area contributed by atoms with Crippen molar-refractivity contribution in [2.75, 3.05) is 37.9 Å². The van der Waals surface area contributed by atoms with Crippen molar-refractivity contribution < 1.29 is 4.74 Å². The van der Waals surface area contributed by atoms with Crippen molar-refractivity contribution in [1.82, 2.24) is 24.8 Å². The number of rotatable bonds is 4. The van der Waals surface area contributed by atoms with Gasteiger partial charge in [0.25, 0.3) is 0 Å². The van der Waals surface area contributed by atoms with Crippen molar-refractivity contribution in [3.63, 3.8) is 0 Å². The first kappa shape index (κ1) is 24.1. The lowest BCUT2D eigenvalue weighted by Crippen LogP contribution is -2.32. The van der Waals surface area contributed by atoms with Gasteiger partial charge in [0.05, 0.1) is 13.1 Å². The van der Waals surface area contributed by atoms with Gasteiger partial charge in [-0.3, -0.25) is 0 Å². The Labute approximate surface area is 221 Å². The van der Waals surface area contributed by atoms with E-state index >= 15 is 0 Å². The van der Waals surface area contributed by atoms with Crippen LogP contribution in [-0.4, -0.2) is 52.1 Å². The SMILES string of the molecule is CN(C)Cc1nc2c(c(N3CCOc4ccc(-c5cnc6sc(N)nc6c5)cc4C3)n1)CC(C)(C)CC2. The van der Waals surface area contributed by atoms with E-state index in [0.29, 0.717) is 11.7 Å². The van der Waals surface area contributed by atoms with E-state index in [2.05, 4.69) is 72.0 Å². The van der Waals surface area contributed by atoms with Crippen LogP contribution in [0.4, 0.5) is 10.9 Å². The van der Waals surface area contributed by atoms with E-state index in [4.69, 9.17) is 20.4 Å². The average molecular weight is 516 g/mol. The summed E-state index contributed by atoms with van der Waals surface area (Å²) in [6.45, 7) is 7.55. The number of ether oxygens (including phenoxy) is 1. The minimum atomic E-state index is 0.242. The van der Waals surface area contributed by atoms with Crippen molar-refractivity contribution >= 4 is 32.6 Å². The zero-order chi connectivity index (χ0) is 25.7. The van der Waals surface area contributed by atoms with Gasteiger partial charge in [-0.2, -0.15) is 0 Å². The fourth-order valence-corrected chi connectivity index (χ4v) is 6.00. The molecular weight excluding hydrogens is 482 g/mol. The molecule has 4 aromatic rings. The smallest absolute Gasteiger partial charge is 0.182 e. The van der Waals surface area contributed by atoms with Gasteiger partial charge in [-0.1, -0.05) is 31.3 Å². The molecule has 0 amide bonds. The largest absolute Gasteiger partial charge is 0.491 e. The number of nitrogen functional groups attached to an aromatic ring is 1. The maximum absolute atomic E-state index is 6.21. The number of aromatic nitrogens is 4. The summed E-state index contributed by atoms with van der Waals surface area (Å²) in [5.41, 5.74) is 12.7. The highest BCUT2D eigenvalue weighted by Crippen LogP contribution is 2.39. The first-order valence-corrected chi connectivity index (χ1v) is 13.6. The third-order valence-corrected chi connectivity index (χ3v) is 8.01. The minimum Gasteiger partial charge on any atom is -0.491 e. The molecule has 8 nitrogen and oxygen atoms in total. The number of benzene rings is 1. The van der Waals surface area contributed by atoms with Gasteiger partial charge in [0.15, 0.2) is 5.13 Å². The lowest BCUT2D eigenvalue weighted by molar-refractivity contribution is 0.308. The van der Waals surface area contributed by atoms with Crippen LogP contribution in [0.25, 0.3) is 21.5 Å². The summed E-state index contributed by atoms with van der Waals surface area (Å²) in [5.74, 6) is 2.88. The van der Waals surface area contributed by atoms with Gasteiger partial charge in [0.2, 0.25) is 0 Å². The Balaban J connectivity index is 1.38. The summed E-state index contributed by atoms with van der Waals surface area (Å²) in [5, 5.41) is 0.538. The summed E-state index contributed by atoms with van der Waals surface area (Å²) >= 11 is 1.41. The van der Waals surface area contributed by atoms with Crippen LogP contribution in [0.15, 0.2) is 30.5 Å². The maximum atomic E-state index is 6.21. The van der Waals surface area contributed by atoms with Gasteiger partial charge in [-0.25, -0.2) is 19.9 Å². The monoisotopic (exact) mass is 515 g/mol. The summed E-state index contributed by atoms with van der Waals surface area (Å²) in [7, 11) is 4.13. The third-order valence-electron chi connectivity index (χ3n) is 7.21. The van der Waals surface area contributed by atoms with Crippen LogP contribution < -0.4 is 15.4 Å². The first-order chi connectivity index (χ1) is 17.7. The summed E-state index contributed by atoms with van der Waals surface area (Å²) in [4.78, 5) is 24.5. The average Bonchev–Trinajstić information content (AvgIpc) is 3.08. The number of nitrogens with zero attached hydrogens (tertiary/aromatic N) is 6. The molecular formula is C28H33N7OS. The third kappa shape index (κ3) is 4.85. The zero-order valence-corrected chi connectivity index (χ0v) is 22.7. The Bertz CT molecular complexity index is 1480. The van der Waals surface area contributed by atoms with Gasteiger partial charge < -0.3 is 20.3 Å². The number of nitrogens with two attached hydrogens (primary N) is 1. The van der Waals surface area contributed by atoms with Crippen molar-refractivity contribution in [1.29, 1.82) is 0 Å². The van der Waals surface area contributed by atoms with Crippen molar-refractivity contribution in [3.05, 3.63) is 53.1 Å². The second-order valence-electron chi connectivity index (χ2n) is 11.2.